The molecular formula is C14H21NO2. The summed E-state index contributed by atoms with van der Waals surface area (Å²) in [5.74, 6) is 0.744. The third-order valence-corrected chi connectivity index (χ3v) is 2.52. The first kappa shape index (κ1) is 13.6. The molecule has 0 amide bonds. The van der Waals surface area contributed by atoms with Crippen molar-refractivity contribution in [2.45, 2.75) is 27.2 Å². The van der Waals surface area contributed by atoms with Crippen LogP contribution in [-0.4, -0.2) is 12.6 Å². The van der Waals surface area contributed by atoms with E-state index in [-0.39, 0.29) is 5.97 Å². The largest absolute Gasteiger partial charge is 0.462 e. The van der Waals surface area contributed by atoms with E-state index in [0.717, 1.165) is 6.42 Å². The quantitative estimate of drug-likeness (QED) is 0.630. The molecule has 94 valence electrons. The Morgan fingerprint density at radius 1 is 1.24 bits per heavy atom. The summed E-state index contributed by atoms with van der Waals surface area (Å²) in [5, 5.41) is 0. The van der Waals surface area contributed by atoms with Crippen molar-refractivity contribution in [2.24, 2.45) is 11.8 Å². The molecule has 0 saturated heterocycles. The molecule has 0 aliphatic heterocycles. The molecule has 3 heteroatoms. The predicted molar refractivity (Wildman–Crippen MR) is 69.8 cm³/mol. The first-order chi connectivity index (χ1) is 7.99. The Morgan fingerprint density at radius 2 is 1.82 bits per heavy atom. The number of nitrogen functional groups attached to an aromatic ring is 1. The van der Waals surface area contributed by atoms with Crippen molar-refractivity contribution < 1.29 is 9.53 Å². The molecule has 1 unspecified atom stereocenters. The number of hydrogen-bond acceptors (Lipinski definition) is 3. The number of ether oxygens (including phenoxy) is 1. The zero-order chi connectivity index (χ0) is 12.8. The molecule has 1 rings (SSSR count). The molecule has 1 atom stereocenters. The summed E-state index contributed by atoms with van der Waals surface area (Å²) in [7, 11) is 0. The summed E-state index contributed by atoms with van der Waals surface area (Å²) in [5.41, 5.74) is 6.75. The van der Waals surface area contributed by atoms with Crippen molar-refractivity contribution >= 4 is 11.7 Å². The average Bonchev–Trinajstić information content (AvgIpc) is 2.26. The normalized spacial score (nSPS) is 12.5. The van der Waals surface area contributed by atoms with Crippen molar-refractivity contribution in [2.75, 3.05) is 12.3 Å². The van der Waals surface area contributed by atoms with Crippen LogP contribution < -0.4 is 5.73 Å². The molecular weight excluding hydrogens is 214 g/mol. The minimum atomic E-state index is -0.277. The number of anilines is 1. The van der Waals surface area contributed by atoms with Crippen LogP contribution in [0.1, 0.15) is 37.6 Å². The number of carbonyl (C=O) groups excluding carboxylic acids is 1. The average molecular weight is 235 g/mol. The van der Waals surface area contributed by atoms with Crippen LogP contribution in [0.25, 0.3) is 0 Å². The summed E-state index contributed by atoms with van der Waals surface area (Å²) >= 11 is 0. The van der Waals surface area contributed by atoms with Gasteiger partial charge >= 0.3 is 5.97 Å². The fourth-order valence-corrected chi connectivity index (χ4v) is 1.79. The van der Waals surface area contributed by atoms with Crippen molar-refractivity contribution in [3.63, 3.8) is 0 Å². The Hall–Kier alpha value is -1.51. The van der Waals surface area contributed by atoms with Gasteiger partial charge in [-0.2, -0.15) is 0 Å². The molecule has 0 aliphatic rings. The van der Waals surface area contributed by atoms with Crippen LogP contribution >= 0.6 is 0 Å². The Bertz CT molecular complexity index is 357. The van der Waals surface area contributed by atoms with Gasteiger partial charge in [0.25, 0.3) is 0 Å². The minimum absolute atomic E-state index is 0.277. The molecule has 0 saturated carbocycles. The number of rotatable bonds is 5. The topological polar surface area (TPSA) is 52.3 Å². The van der Waals surface area contributed by atoms with Crippen LogP contribution in [-0.2, 0) is 4.74 Å². The van der Waals surface area contributed by atoms with Gasteiger partial charge in [-0.05, 0) is 42.5 Å². The zero-order valence-electron chi connectivity index (χ0n) is 10.8. The van der Waals surface area contributed by atoms with Gasteiger partial charge in [0.2, 0.25) is 0 Å². The molecule has 1 aromatic carbocycles. The predicted octanol–water partition coefficient (Wildman–Crippen LogP) is 3.11. The minimum Gasteiger partial charge on any atom is -0.462 e. The highest BCUT2D eigenvalue weighted by atomic mass is 16.5. The van der Waals surface area contributed by atoms with Gasteiger partial charge in [0, 0.05) is 5.69 Å². The molecule has 0 radical (unpaired) electrons. The molecule has 3 nitrogen and oxygen atoms in total. The Balaban J connectivity index is 2.42. The second-order valence-corrected chi connectivity index (χ2v) is 4.96. The van der Waals surface area contributed by atoms with Crippen LogP contribution in [0, 0.1) is 11.8 Å². The molecule has 2 N–H and O–H groups in total. The first-order valence-corrected chi connectivity index (χ1v) is 6.01. The van der Waals surface area contributed by atoms with E-state index in [1.807, 2.05) is 0 Å². The van der Waals surface area contributed by atoms with Gasteiger partial charge in [-0.25, -0.2) is 4.79 Å². The van der Waals surface area contributed by atoms with Crippen LogP contribution in [0.2, 0.25) is 0 Å². The molecule has 0 spiro atoms. The number of carbonyl (C=O) groups is 1. The maximum absolute atomic E-state index is 11.7. The van der Waals surface area contributed by atoms with E-state index in [0.29, 0.717) is 29.7 Å². The number of esters is 1. The molecule has 0 fully saturated rings. The van der Waals surface area contributed by atoms with E-state index in [1.54, 1.807) is 24.3 Å². The van der Waals surface area contributed by atoms with Crippen LogP contribution in [0.5, 0.6) is 0 Å². The molecule has 0 aliphatic carbocycles. The highest BCUT2D eigenvalue weighted by Crippen LogP contribution is 2.12. The third-order valence-electron chi connectivity index (χ3n) is 2.52. The Labute approximate surface area is 103 Å². The number of hydrogen-bond donors (Lipinski definition) is 1. The van der Waals surface area contributed by atoms with Gasteiger partial charge < -0.3 is 10.5 Å². The fourth-order valence-electron chi connectivity index (χ4n) is 1.79. The molecule has 1 aromatic rings. The van der Waals surface area contributed by atoms with E-state index in [4.69, 9.17) is 10.5 Å². The highest BCUT2D eigenvalue weighted by molar-refractivity contribution is 5.89. The van der Waals surface area contributed by atoms with Gasteiger partial charge in [-0.1, -0.05) is 20.8 Å². The monoisotopic (exact) mass is 235 g/mol. The Morgan fingerprint density at radius 3 is 2.35 bits per heavy atom. The maximum Gasteiger partial charge on any atom is 0.338 e. The molecule has 17 heavy (non-hydrogen) atoms. The van der Waals surface area contributed by atoms with Crippen LogP contribution in [0.3, 0.4) is 0 Å². The van der Waals surface area contributed by atoms with Crippen molar-refractivity contribution in [3.8, 4) is 0 Å². The van der Waals surface area contributed by atoms with Gasteiger partial charge in [0.05, 0.1) is 12.2 Å². The number of benzene rings is 1. The lowest BCUT2D eigenvalue weighted by atomic mass is 10.00. The maximum atomic E-state index is 11.7. The van der Waals surface area contributed by atoms with Crippen molar-refractivity contribution in [1.82, 2.24) is 0 Å². The van der Waals surface area contributed by atoms with E-state index < -0.39 is 0 Å². The highest BCUT2D eigenvalue weighted by Gasteiger charge is 2.10. The van der Waals surface area contributed by atoms with E-state index in [2.05, 4.69) is 20.8 Å². The second kappa shape index (κ2) is 6.28. The van der Waals surface area contributed by atoms with Gasteiger partial charge in [0.15, 0.2) is 0 Å². The summed E-state index contributed by atoms with van der Waals surface area (Å²) in [6.45, 7) is 6.90. The standard InChI is InChI=1S/C14H21NO2/c1-10(2)8-11(3)9-17-14(16)12-4-6-13(15)7-5-12/h4-7,10-11H,8-9,15H2,1-3H3. The van der Waals surface area contributed by atoms with Gasteiger partial charge in [-0.15, -0.1) is 0 Å². The third kappa shape index (κ3) is 4.89. The van der Waals surface area contributed by atoms with E-state index >= 15 is 0 Å². The summed E-state index contributed by atoms with van der Waals surface area (Å²) in [6, 6.07) is 6.78. The van der Waals surface area contributed by atoms with Crippen molar-refractivity contribution in [1.29, 1.82) is 0 Å². The van der Waals surface area contributed by atoms with Gasteiger partial charge in [-0.3, -0.25) is 0 Å². The molecule has 0 bridgehead atoms. The lowest BCUT2D eigenvalue weighted by Gasteiger charge is -2.14. The molecule has 0 aromatic heterocycles. The fraction of sp³-hybridized carbons (Fsp3) is 0.500. The summed E-state index contributed by atoms with van der Waals surface area (Å²) in [6.07, 6.45) is 1.06. The SMILES string of the molecule is CC(C)CC(C)COC(=O)c1ccc(N)cc1. The van der Waals surface area contributed by atoms with E-state index in [9.17, 15) is 4.79 Å². The zero-order valence-corrected chi connectivity index (χ0v) is 10.8. The summed E-state index contributed by atoms with van der Waals surface area (Å²) < 4.78 is 5.25. The van der Waals surface area contributed by atoms with Crippen molar-refractivity contribution in [3.05, 3.63) is 29.8 Å². The smallest absolute Gasteiger partial charge is 0.338 e. The Kier molecular flexibility index (Phi) is 5.01. The van der Waals surface area contributed by atoms with Crippen LogP contribution in [0.4, 0.5) is 5.69 Å². The summed E-state index contributed by atoms with van der Waals surface area (Å²) in [4.78, 5) is 11.7. The van der Waals surface area contributed by atoms with Gasteiger partial charge in [0.1, 0.15) is 0 Å². The van der Waals surface area contributed by atoms with E-state index in [1.165, 1.54) is 0 Å². The number of nitrogens with two attached hydrogens (primary N) is 1. The second-order valence-electron chi connectivity index (χ2n) is 4.96. The molecule has 0 heterocycles. The lowest BCUT2D eigenvalue weighted by molar-refractivity contribution is 0.0436. The lowest BCUT2D eigenvalue weighted by Crippen LogP contribution is -2.13. The first-order valence-electron chi connectivity index (χ1n) is 6.01. The van der Waals surface area contributed by atoms with Crippen LogP contribution in [0.15, 0.2) is 24.3 Å².